The highest BCUT2D eigenvalue weighted by atomic mass is 35.5. The molecule has 0 aliphatic carbocycles. The van der Waals surface area contributed by atoms with E-state index in [4.69, 9.17) is 16.9 Å². The number of rotatable bonds is 5. The van der Waals surface area contributed by atoms with Crippen molar-refractivity contribution in [3.63, 3.8) is 0 Å². The molecule has 0 saturated heterocycles. The summed E-state index contributed by atoms with van der Waals surface area (Å²) in [7, 11) is -4.00. The van der Waals surface area contributed by atoms with Crippen molar-refractivity contribution in [3.8, 4) is 12.1 Å². The topological polar surface area (TPSA) is 93.8 Å². The zero-order valence-electron chi connectivity index (χ0n) is 13.0. The molecule has 126 valence electrons. The van der Waals surface area contributed by atoms with Gasteiger partial charge in [0, 0.05) is 10.7 Å². The Morgan fingerprint density at radius 1 is 1.16 bits per heavy atom. The molecular weight excluding hydrogens is 378 g/mol. The van der Waals surface area contributed by atoms with Gasteiger partial charge >= 0.3 is 0 Å². The first-order valence-corrected chi connectivity index (χ1v) is 9.97. The van der Waals surface area contributed by atoms with Gasteiger partial charge in [-0.1, -0.05) is 17.7 Å². The van der Waals surface area contributed by atoms with E-state index < -0.39 is 14.7 Å². The van der Waals surface area contributed by atoms with Crippen LogP contribution in [0.5, 0.6) is 0 Å². The smallest absolute Gasteiger partial charge is 0.219 e. The molecule has 1 N–H and O–H groups in total. The van der Waals surface area contributed by atoms with Crippen LogP contribution in [0.15, 0.2) is 63.4 Å². The number of halogens is 1. The van der Waals surface area contributed by atoms with Gasteiger partial charge in [-0.25, -0.2) is 8.42 Å². The first-order valence-electron chi connectivity index (χ1n) is 6.88. The van der Waals surface area contributed by atoms with Crippen molar-refractivity contribution in [2.24, 2.45) is 0 Å². The number of hydrogen-bond acceptors (Lipinski definition) is 6. The van der Waals surface area contributed by atoms with Crippen LogP contribution in [0.3, 0.4) is 0 Å². The maximum atomic E-state index is 12.8. The quantitative estimate of drug-likeness (QED) is 0.772. The van der Waals surface area contributed by atoms with Gasteiger partial charge in [-0.2, -0.15) is 10.5 Å². The highest BCUT2D eigenvalue weighted by Crippen LogP contribution is 2.28. The number of allylic oxidation sites excluding steroid dienone is 1. The molecule has 0 spiro atoms. The summed E-state index contributed by atoms with van der Waals surface area (Å²) in [6, 6.07) is 15.9. The summed E-state index contributed by atoms with van der Waals surface area (Å²) in [5, 5.41) is 21.9. The molecule has 0 saturated carbocycles. The maximum absolute atomic E-state index is 12.8. The van der Waals surface area contributed by atoms with Crippen LogP contribution in [-0.2, 0) is 9.84 Å². The number of benzene rings is 2. The Kier molecular flexibility index (Phi) is 6.11. The molecule has 0 bridgehead atoms. The van der Waals surface area contributed by atoms with E-state index in [1.165, 1.54) is 24.3 Å². The minimum Gasteiger partial charge on any atom is -0.349 e. The molecule has 0 aliphatic rings. The van der Waals surface area contributed by atoms with Gasteiger partial charge in [0.1, 0.15) is 11.1 Å². The minimum atomic E-state index is -4.00. The van der Waals surface area contributed by atoms with E-state index in [1.807, 2.05) is 6.07 Å². The second kappa shape index (κ2) is 8.09. The Bertz CT molecular complexity index is 1000. The fourth-order valence-electron chi connectivity index (χ4n) is 1.96. The third-order valence-electron chi connectivity index (χ3n) is 3.15. The van der Waals surface area contributed by atoms with E-state index in [2.05, 4.69) is 5.32 Å². The lowest BCUT2D eigenvalue weighted by Gasteiger charge is -2.12. The molecule has 0 amide bonds. The van der Waals surface area contributed by atoms with Crippen molar-refractivity contribution in [2.75, 3.05) is 11.6 Å². The molecule has 25 heavy (non-hydrogen) atoms. The van der Waals surface area contributed by atoms with Crippen molar-refractivity contribution in [1.29, 1.82) is 10.5 Å². The number of sulfone groups is 1. The molecule has 2 rings (SSSR count). The Labute approximate surface area is 155 Å². The lowest BCUT2D eigenvalue weighted by atomic mass is 10.2. The number of nitrogens with one attached hydrogen (secondary N) is 1. The van der Waals surface area contributed by atoms with Gasteiger partial charge in [0.25, 0.3) is 0 Å². The van der Waals surface area contributed by atoms with E-state index in [9.17, 15) is 13.7 Å². The number of thioether (sulfide) groups is 1. The molecule has 0 unspecified atom stereocenters. The minimum absolute atomic E-state index is 0.0208. The summed E-state index contributed by atoms with van der Waals surface area (Å²) >= 11 is 6.88. The van der Waals surface area contributed by atoms with Gasteiger partial charge in [0.05, 0.1) is 16.5 Å². The predicted octanol–water partition coefficient (Wildman–Crippen LogP) is 4.15. The lowest BCUT2D eigenvalue weighted by Crippen LogP contribution is -2.10. The van der Waals surface area contributed by atoms with Crippen LogP contribution in [0.2, 0.25) is 5.02 Å². The molecule has 0 heterocycles. The van der Waals surface area contributed by atoms with E-state index in [-0.39, 0.29) is 9.92 Å². The number of hydrogen-bond donors (Lipinski definition) is 1. The van der Waals surface area contributed by atoms with E-state index in [0.29, 0.717) is 16.3 Å². The molecule has 0 atom stereocenters. The Balaban J connectivity index is 2.51. The summed E-state index contributed by atoms with van der Waals surface area (Å²) in [4.78, 5) is -0.419. The lowest BCUT2D eigenvalue weighted by molar-refractivity contribution is 0.603. The van der Waals surface area contributed by atoms with Crippen LogP contribution in [0.1, 0.15) is 5.56 Å². The number of nitriles is 2. The van der Waals surface area contributed by atoms with Gasteiger partial charge in [-0.15, -0.1) is 11.8 Å². The summed E-state index contributed by atoms with van der Waals surface area (Å²) in [6.07, 6.45) is 1.66. The highest BCUT2D eigenvalue weighted by Gasteiger charge is 2.25. The van der Waals surface area contributed by atoms with E-state index in [1.54, 1.807) is 36.6 Å². The molecule has 0 aromatic heterocycles. The van der Waals surface area contributed by atoms with E-state index in [0.717, 1.165) is 11.8 Å². The first-order chi connectivity index (χ1) is 11.9. The van der Waals surface area contributed by atoms with Crippen molar-refractivity contribution in [2.45, 2.75) is 4.90 Å². The largest absolute Gasteiger partial charge is 0.349 e. The summed E-state index contributed by atoms with van der Waals surface area (Å²) in [5.41, 5.74) is 0.937. The summed E-state index contributed by atoms with van der Waals surface area (Å²) in [6.45, 7) is 0. The molecular formula is C17H12ClN3O2S2. The second-order valence-corrected chi connectivity index (χ2v) is 7.89. The molecule has 2 aromatic carbocycles. The fraction of sp³-hybridized carbons (Fsp3) is 0.0588. The third-order valence-corrected chi connectivity index (χ3v) is 5.98. The van der Waals surface area contributed by atoms with E-state index >= 15 is 0 Å². The standard InChI is InChI=1S/C17H12ClN3O2S2/c1-24-17(21-14-4-2-3-12(9-14)10-19)16(11-20)25(22,23)15-7-5-13(18)6-8-15/h2-9,21H,1H3. The summed E-state index contributed by atoms with van der Waals surface area (Å²) in [5.74, 6) is 0. The van der Waals surface area contributed by atoms with Crippen LogP contribution in [0.25, 0.3) is 0 Å². The zero-order valence-corrected chi connectivity index (χ0v) is 15.4. The average Bonchev–Trinajstić information content (AvgIpc) is 2.61. The highest BCUT2D eigenvalue weighted by molar-refractivity contribution is 8.04. The van der Waals surface area contributed by atoms with Crippen molar-refractivity contribution >= 4 is 38.9 Å². The molecule has 5 nitrogen and oxygen atoms in total. The van der Waals surface area contributed by atoms with Crippen LogP contribution in [0.4, 0.5) is 5.69 Å². The van der Waals surface area contributed by atoms with Gasteiger partial charge in [-0.05, 0) is 48.7 Å². The van der Waals surface area contributed by atoms with Crippen LogP contribution in [-0.4, -0.2) is 14.7 Å². The Morgan fingerprint density at radius 3 is 2.40 bits per heavy atom. The molecule has 0 aliphatic heterocycles. The number of nitrogens with zero attached hydrogens (tertiary/aromatic N) is 2. The maximum Gasteiger partial charge on any atom is 0.219 e. The number of anilines is 1. The molecule has 2 aromatic rings. The van der Waals surface area contributed by atoms with Gasteiger partial charge in [-0.3, -0.25) is 0 Å². The Hall–Kier alpha value is -2.45. The first kappa shape index (κ1) is 18.9. The molecule has 0 radical (unpaired) electrons. The average molecular weight is 390 g/mol. The second-order valence-electron chi connectivity index (χ2n) is 4.75. The summed E-state index contributed by atoms with van der Waals surface area (Å²) < 4.78 is 25.5. The molecule has 8 heteroatoms. The van der Waals surface area contributed by atoms with Crippen molar-refractivity contribution in [3.05, 3.63) is 69.1 Å². The van der Waals surface area contributed by atoms with Gasteiger partial charge in [0.2, 0.25) is 9.84 Å². The van der Waals surface area contributed by atoms with Crippen molar-refractivity contribution < 1.29 is 8.42 Å². The Morgan fingerprint density at radius 2 is 1.84 bits per heavy atom. The van der Waals surface area contributed by atoms with Gasteiger partial charge < -0.3 is 5.32 Å². The van der Waals surface area contributed by atoms with Crippen LogP contribution >= 0.6 is 23.4 Å². The van der Waals surface area contributed by atoms with Crippen LogP contribution in [0, 0.1) is 22.7 Å². The molecule has 0 fully saturated rings. The fourth-order valence-corrected chi connectivity index (χ4v) is 4.26. The predicted molar refractivity (Wildman–Crippen MR) is 99.6 cm³/mol. The monoisotopic (exact) mass is 389 g/mol. The SMILES string of the molecule is CSC(Nc1cccc(C#N)c1)=C(C#N)S(=O)(=O)c1ccc(Cl)cc1. The van der Waals surface area contributed by atoms with Crippen LogP contribution < -0.4 is 5.32 Å². The zero-order chi connectivity index (χ0) is 18.4. The third kappa shape index (κ3) is 4.34. The normalized spacial score (nSPS) is 11.8. The van der Waals surface area contributed by atoms with Crippen molar-refractivity contribution in [1.82, 2.24) is 0 Å². The van der Waals surface area contributed by atoms with Gasteiger partial charge in [0.15, 0.2) is 4.91 Å².